The van der Waals surface area contributed by atoms with Crippen LogP contribution in [0.4, 0.5) is 4.39 Å². The Morgan fingerprint density at radius 3 is 2.70 bits per heavy atom. The average Bonchev–Trinajstić information content (AvgIpc) is 3.49. The van der Waals surface area contributed by atoms with Crippen LogP contribution in [-0.4, -0.2) is 80.3 Å². The number of nitrogens with zero attached hydrogens (tertiary/aromatic N) is 2. The van der Waals surface area contributed by atoms with Gasteiger partial charge in [-0.25, -0.2) is 4.39 Å². The van der Waals surface area contributed by atoms with E-state index in [2.05, 4.69) is 38.9 Å². The number of aryl methyl sites for hydroxylation is 1. The summed E-state index contributed by atoms with van der Waals surface area (Å²) in [5.41, 5.74) is 0.548. The maximum Gasteiger partial charge on any atom is 0.257 e. The molecule has 3 unspecified atom stereocenters. The molecule has 3 atom stereocenters. The number of likely N-dealkylation sites (N-methyl/N-ethyl adjacent to an activating group) is 1. The van der Waals surface area contributed by atoms with E-state index in [9.17, 15) is 9.18 Å². The molecule has 3 N–H and O–H groups in total. The van der Waals surface area contributed by atoms with E-state index in [-0.39, 0.29) is 18.1 Å². The van der Waals surface area contributed by atoms with Crippen molar-refractivity contribution in [3.8, 4) is 0 Å². The lowest BCUT2D eigenvalue weighted by Crippen LogP contribution is -2.61. The van der Waals surface area contributed by atoms with Gasteiger partial charge in [0.1, 0.15) is 0 Å². The van der Waals surface area contributed by atoms with Gasteiger partial charge >= 0.3 is 0 Å². The minimum atomic E-state index is -1.62. The molecular formula is C22H33ClFN5O. The minimum absolute atomic E-state index is 0.00321. The van der Waals surface area contributed by atoms with E-state index < -0.39 is 11.6 Å². The molecule has 30 heavy (non-hydrogen) atoms. The minimum Gasteiger partial charge on any atom is -0.353 e. The number of alkyl halides is 1. The summed E-state index contributed by atoms with van der Waals surface area (Å²) in [6, 6.07) is 6.34. The van der Waals surface area contributed by atoms with E-state index in [0.717, 1.165) is 55.4 Å². The van der Waals surface area contributed by atoms with Crippen LogP contribution in [-0.2, 0) is 4.79 Å². The van der Waals surface area contributed by atoms with Gasteiger partial charge in [0, 0.05) is 62.8 Å². The first-order valence-electron chi connectivity index (χ1n) is 11.0. The highest BCUT2D eigenvalue weighted by molar-refractivity contribution is 6.31. The van der Waals surface area contributed by atoms with Gasteiger partial charge in [-0.05, 0) is 44.0 Å². The maximum atomic E-state index is 14.0. The lowest BCUT2D eigenvalue weighted by Gasteiger charge is -2.42. The molecule has 0 bridgehead atoms. The molecule has 2 aliphatic heterocycles. The first-order valence-corrected chi connectivity index (χ1v) is 11.4. The molecule has 8 heteroatoms. The fraction of sp³-hybridized carbons (Fsp3) is 0.682. The third kappa shape index (κ3) is 5.14. The van der Waals surface area contributed by atoms with Crippen LogP contribution in [0.3, 0.4) is 0 Å². The summed E-state index contributed by atoms with van der Waals surface area (Å²) in [7, 11) is 2.15. The summed E-state index contributed by atoms with van der Waals surface area (Å²) in [6.45, 7) is 8.34. The fourth-order valence-corrected chi connectivity index (χ4v) is 4.46. The number of hydrogen-bond acceptors (Lipinski definition) is 5. The van der Waals surface area contributed by atoms with Gasteiger partial charge in [0.25, 0.3) is 5.91 Å². The number of carbonyl (C=O) groups is 1. The Balaban J connectivity index is 1.42. The summed E-state index contributed by atoms with van der Waals surface area (Å²) >= 11 is 6.35. The second-order valence-electron chi connectivity index (χ2n) is 9.16. The van der Waals surface area contributed by atoms with Gasteiger partial charge in [0.05, 0.1) is 6.17 Å². The second-order valence-corrected chi connectivity index (χ2v) is 9.57. The predicted octanol–water partition coefficient (Wildman–Crippen LogP) is 1.69. The Kier molecular flexibility index (Phi) is 6.65. The van der Waals surface area contributed by atoms with Crippen molar-refractivity contribution in [1.29, 1.82) is 0 Å². The molecule has 1 aromatic rings. The van der Waals surface area contributed by atoms with Gasteiger partial charge in [-0.3, -0.25) is 20.3 Å². The summed E-state index contributed by atoms with van der Waals surface area (Å²) in [5.74, 6) is -0.263. The molecule has 1 saturated carbocycles. The Bertz CT molecular complexity index is 766. The van der Waals surface area contributed by atoms with Crippen LogP contribution in [0, 0.1) is 12.8 Å². The molecule has 0 aromatic heterocycles. The Morgan fingerprint density at radius 2 is 2.03 bits per heavy atom. The second kappa shape index (κ2) is 9.09. The lowest BCUT2D eigenvalue weighted by atomic mass is 9.94. The molecule has 3 fully saturated rings. The fourth-order valence-electron chi connectivity index (χ4n) is 4.27. The highest BCUT2D eigenvalue weighted by Gasteiger charge is 2.51. The Morgan fingerprint density at radius 1 is 1.30 bits per heavy atom. The maximum absolute atomic E-state index is 14.0. The molecule has 2 heterocycles. The lowest BCUT2D eigenvalue weighted by molar-refractivity contribution is -0.127. The molecule has 1 amide bonds. The van der Waals surface area contributed by atoms with Gasteiger partial charge < -0.3 is 10.2 Å². The van der Waals surface area contributed by atoms with Crippen molar-refractivity contribution < 1.29 is 9.18 Å². The molecule has 4 rings (SSSR count). The predicted molar refractivity (Wildman–Crippen MR) is 117 cm³/mol. The van der Waals surface area contributed by atoms with Crippen molar-refractivity contribution in [1.82, 2.24) is 25.8 Å². The van der Waals surface area contributed by atoms with Crippen LogP contribution in [0.1, 0.15) is 30.1 Å². The van der Waals surface area contributed by atoms with Gasteiger partial charge in [0.15, 0.2) is 5.67 Å². The topological polar surface area (TPSA) is 59.6 Å². The largest absolute Gasteiger partial charge is 0.353 e. The number of piperazine rings is 1. The van der Waals surface area contributed by atoms with Gasteiger partial charge in [0.2, 0.25) is 0 Å². The van der Waals surface area contributed by atoms with Crippen molar-refractivity contribution in [2.24, 2.45) is 5.92 Å². The molecule has 166 valence electrons. The van der Waals surface area contributed by atoms with Crippen LogP contribution < -0.4 is 16.0 Å². The van der Waals surface area contributed by atoms with E-state index >= 15 is 0 Å². The first-order chi connectivity index (χ1) is 14.3. The molecule has 6 nitrogen and oxygen atoms in total. The zero-order valence-corrected chi connectivity index (χ0v) is 18.6. The van der Waals surface area contributed by atoms with E-state index in [0.29, 0.717) is 19.4 Å². The van der Waals surface area contributed by atoms with Crippen LogP contribution >= 0.6 is 11.6 Å². The molecule has 0 spiro atoms. The highest BCUT2D eigenvalue weighted by Crippen LogP contribution is 2.39. The number of benzene rings is 1. The van der Waals surface area contributed by atoms with Crippen molar-refractivity contribution >= 4 is 17.5 Å². The highest BCUT2D eigenvalue weighted by atomic mass is 35.5. The quantitative estimate of drug-likeness (QED) is 0.632. The molecular weight excluding hydrogens is 405 g/mol. The Labute approximate surface area is 183 Å². The molecule has 3 aliphatic rings. The van der Waals surface area contributed by atoms with Gasteiger partial charge in [-0.15, -0.1) is 0 Å². The number of halogens is 2. The molecule has 1 aliphatic carbocycles. The van der Waals surface area contributed by atoms with Crippen LogP contribution in [0.2, 0.25) is 5.02 Å². The average molecular weight is 438 g/mol. The number of nitrogens with one attached hydrogen (secondary N) is 3. The van der Waals surface area contributed by atoms with E-state index in [4.69, 9.17) is 11.6 Å². The molecule has 0 radical (unpaired) electrons. The summed E-state index contributed by atoms with van der Waals surface area (Å²) in [4.78, 5) is 16.9. The van der Waals surface area contributed by atoms with Crippen molar-refractivity contribution in [3.63, 3.8) is 0 Å². The Hall–Kier alpha value is -1.25. The number of amides is 1. The molecule has 2 saturated heterocycles. The number of carbonyl (C=O) groups excluding carboxylic acids is 1. The van der Waals surface area contributed by atoms with Crippen molar-refractivity contribution in [3.05, 3.63) is 34.3 Å². The molecule has 1 aromatic carbocycles. The standard InChI is InChI=1S/C22H33ClFN5O/c1-15-3-4-16(11-18(15)23)20-25-12-17(13-26-21(30)22(24)5-6-22)19(27-20)14-29-9-7-28(2)8-10-29/h3-4,11,17,19-20,25,27H,5-10,12-14H2,1-2H3,(H,26,30). The van der Waals surface area contributed by atoms with E-state index in [1.807, 2.05) is 19.1 Å². The van der Waals surface area contributed by atoms with E-state index in [1.54, 1.807) is 0 Å². The zero-order chi connectivity index (χ0) is 21.3. The van der Waals surface area contributed by atoms with Crippen molar-refractivity contribution in [2.45, 2.75) is 37.6 Å². The van der Waals surface area contributed by atoms with Crippen LogP contribution in [0.5, 0.6) is 0 Å². The van der Waals surface area contributed by atoms with Crippen molar-refractivity contribution in [2.75, 3.05) is 52.9 Å². The summed E-state index contributed by atoms with van der Waals surface area (Å²) in [5, 5.41) is 10.9. The zero-order valence-electron chi connectivity index (χ0n) is 17.9. The normalized spacial score (nSPS) is 29.5. The third-order valence-corrected chi connectivity index (χ3v) is 7.14. The SMILES string of the molecule is Cc1ccc(C2NCC(CNC(=O)C3(F)CC3)C(CN3CCN(C)CC3)N2)cc1Cl. The summed E-state index contributed by atoms with van der Waals surface area (Å²) < 4.78 is 14.0. The van der Waals surface area contributed by atoms with Crippen LogP contribution in [0.15, 0.2) is 18.2 Å². The van der Waals surface area contributed by atoms with Crippen LogP contribution in [0.25, 0.3) is 0 Å². The number of rotatable bonds is 6. The van der Waals surface area contributed by atoms with Gasteiger partial charge in [-0.2, -0.15) is 0 Å². The smallest absolute Gasteiger partial charge is 0.257 e. The third-order valence-electron chi connectivity index (χ3n) is 6.73. The monoisotopic (exact) mass is 437 g/mol. The van der Waals surface area contributed by atoms with Gasteiger partial charge in [-0.1, -0.05) is 23.7 Å². The van der Waals surface area contributed by atoms with E-state index in [1.165, 1.54) is 0 Å². The first kappa shape index (κ1) is 22.0. The number of hydrogen-bond donors (Lipinski definition) is 3. The summed E-state index contributed by atoms with van der Waals surface area (Å²) in [6.07, 6.45) is 0.700.